The molecule has 6 nitrogen and oxygen atoms in total. The summed E-state index contributed by atoms with van der Waals surface area (Å²) in [4.78, 5) is 14.7. The molecule has 3 N–H and O–H groups in total. The molecule has 27 heavy (non-hydrogen) atoms. The van der Waals surface area contributed by atoms with Crippen molar-refractivity contribution < 1.29 is 14.9 Å². The third kappa shape index (κ3) is 2.96. The summed E-state index contributed by atoms with van der Waals surface area (Å²) in [5.74, 6) is 0.694. The molecule has 1 unspecified atom stereocenters. The fourth-order valence-electron chi connectivity index (χ4n) is 4.00. The van der Waals surface area contributed by atoms with Gasteiger partial charge in [-0.25, -0.2) is 9.97 Å². The largest absolute Gasteiger partial charge is 0.466 e. The second kappa shape index (κ2) is 6.44. The third-order valence-corrected chi connectivity index (χ3v) is 6.03. The van der Waals surface area contributed by atoms with Crippen molar-refractivity contribution in [1.82, 2.24) is 15.4 Å². The molecule has 0 radical (unpaired) electrons. The first kappa shape index (κ1) is 18.2. The lowest BCUT2D eigenvalue weighted by molar-refractivity contribution is 0.181. The molecule has 1 atom stereocenters. The van der Waals surface area contributed by atoms with E-state index in [0.717, 1.165) is 23.2 Å². The van der Waals surface area contributed by atoms with Crippen LogP contribution in [0.1, 0.15) is 43.3 Å². The summed E-state index contributed by atoms with van der Waals surface area (Å²) in [6.45, 7) is 6.71. The Kier molecular flexibility index (Phi) is 4.33. The molecule has 4 rings (SSSR count). The topological polar surface area (TPSA) is 87.5 Å². The predicted molar refractivity (Wildman–Crippen MR) is 104 cm³/mol. The minimum absolute atomic E-state index is 0.0410. The first-order valence-electron chi connectivity index (χ1n) is 9.20. The highest BCUT2D eigenvalue weighted by atomic mass is 16.6. The number of para-hydroxylation sites is 1. The smallest absolute Gasteiger partial charge is 0.426 e. The summed E-state index contributed by atoms with van der Waals surface area (Å²) < 4.78 is 0. The van der Waals surface area contributed by atoms with Crippen LogP contribution in [0.5, 0.6) is 5.75 Å². The van der Waals surface area contributed by atoms with Crippen LogP contribution in [0.15, 0.2) is 36.2 Å². The Bertz CT molecular complexity index is 913. The molecule has 7 heteroatoms. The summed E-state index contributed by atoms with van der Waals surface area (Å²) in [5, 5.41) is 20.0. The molecular formula is C20H24BN3O3. The lowest BCUT2D eigenvalue weighted by Gasteiger charge is -2.37. The normalized spacial score (nSPS) is 23.4. The van der Waals surface area contributed by atoms with E-state index < -0.39 is 12.4 Å². The van der Waals surface area contributed by atoms with Crippen molar-refractivity contribution in [1.29, 1.82) is 0 Å². The van der Waals surface area contributed by atoms with Gasteiger partial charge in [-0.2, -0.15) is 5.48 Å². The fraction of sp³-hybridized carbons (Fsp3) is 0.400. The van der Waals surface area contributed by atoms with Gasteiger partial charge >= 0.3 is 7.12 Å². The molecule has 2 aromatic rings. The monoisotopic (exact) mass is 365 g/mol. The zero-order valence-electron chi connectivity index (χ0n) is 15.9. The summed E-state index contributed by atoms with van der Waals surface area (Å²) >= 11 is 0. The molecule has 140 valence electrons. The predicted octanol–water partition coefficient (Wildman–Crippen LogP) is 1.85. The van der Waals surface area contributed by atoms with Crippen molar-refractivity contribution in [2.75, 3.05) is 6.54 Å². The van der Waals surface area contributed by atoms with Crippen molar-refractivity contribution >= 4 is 13.2 Å². The Morgan fingerprint density at radius 2 is 1.93 bits per heavy atom. The molecule has 1 aromatic heterocycles. The maximum atomic E-state index is 10.5. The Morgan fingerprint density at radius 3 is 2.70 bits per heavy atom. The highest BCUT2D eigenvalue weighted by molar-refractivity contribution is 6.46. The fourth-order valence-corrected chi connectivity index (χ4v) is 4.00. The van der Waals surface area contributed by atoms with Gasteiger partial charge in [0.1, 0.15) is 12.1 Å². The molecule has 0 fully saturated rings. The zero-order valence-corrected chi connectivity index (χ0v) is 15.9. The van der Waals surface area contributed by atoms with E-state index in [2.05, 4.69) is 42.3 Å². The van der Waals surface area contributed by atoms with Crippen molar-refractivity contribution in [3.05, 3.63) is 58.7 Å². The van der Waals surface area contributed by atoms with Gasteiger partial charge in [-0.1, -0.05) is 37.6 Å². The van der Waals surface area contributed by atoms with Crippen LogP contribution in [0.3, 0.4) is 0 Å². The maximum absolute atomic E-state index is 10.5. The Hall–Kier alpha value is -2.22. The molecule has 1 aromatic carbocycles. The van der Waals surface area contributed by atoms with Crippen LogP contribution < -0.4 is 10.3 Å². The number of hydrogen-bond donors (Lipinski definition) is 3. The van der Waals surface area contributed by atoms with Crippen LogP contribution in [0.25, 0.3) is 6.08 Å². The molecule has 0 saturated carbocycles. The number of benzene rings is 1. The first-order chi connectivity index (χ1) is 12.8. The van der Waals surface area contributed by atoms with Crippen LogP contribution in [0, 0.1) is 5.41 Å². The third-order valence-electron chi connectivity index (χ3n) is 6.03. The van der Waals surface area contributed by atoms with E-state index in [4.69, 9.17) is 4.84 Å². The lowest BCUT2D eigenvalue weighted by Crippen LogP contribution is -2.53. The van der Waals surface area contributed by atoms with Crippen LogP contribution in [-0.4, -0.2) is 33.7 Å². The van der Waals surface area contributed by atoms with E-state index in [-0.39, 0.29) is 12.0 Å². The first-order valence-corrected chi connectivity index (χ1v) is 9.20. The second-order valence-electron chi connectivity index (χ2n) is 8.21. The number of nitrogens with zero attached hydrogens (tertiary/aromatic N) is 2. The molecule has 0 bridgehead atoms. The summed E-state index contributed by atoms with van der Waals surface area (Å²) in [7, 11) is -1.60. The number of hydrogen-bond acceptors (Lipinski definition) is 6. The molecule has 1 aliphatic carbocycles. The van der Waals surface area contributed by atoms with E-state index in [1.807, 2.05) is 24.3 Å². The van der Waals surface area contributed by atoms with Crippen molar-refractivity contribution in [3.8, 4) is 5.75 Å². The maximum Gasteiger partial charge on any atom is 0.466 e. The van der Waals surface area contributed by atoms with E-state index in [1.54, 1.807) is 0 Å². The standard InChI is InChI=1S/C20H24BN3O3/c1-13-8-16-15(10-19(13,2)3)18(23-12-22-16)20(21(25)26)9-14-6-4-5-7-17(14)27-24-11-20/h4-8,12,24-26H,9-11H2,1-3H3. The van der Waals surface area contributed by atoms with Crippen LogP contribution in [0.4, 0.5) is 0 Å². The molecule has 0 amide bonds. The lowest BCUT2D eigenvalue weighted by atomic mass is 9.52. The van der Waals surface area contributed by atoms with Gasteiger partial charge in [0.05, 0.1) is 16.7 Å². The van der Waals surface area contributed by atoms with Crippen LogP contribution in [-0.2, 0) is 18.2 Å². The van der Waals surface area contributed by atoms with Gasteiger partial charge in [0.15, 0.2) is 0 Å². The average Bonchev–Trinajstić information content (AvgIpc) is 2.82. The Morgan fingerprint density at radius 1 is 1.15 bits per heavy atom. The quantitative estimate of drug-likeness (QED) is 0.705. The van der Waals surface area contributed by atoms with Gasteiger partial charge in [0.25, 0.3) is 0 Å². The molecule has 0 saturated heterocycles. The van der Waals surface area contributed by atoms with E-state index in [0.29, 0.717) is 17.9 Å². The zero-order chi connectivity index (χ0) is 19.2. The van der Waals surface area contributed by atoms with Crippen molar-refractivity contribution in [2.24, 2.45) is 5.41 Å². The van der Waals surface area contributed by atoms with Crippen LogP contribution in [0.2, 0.25) is 0 Å². The van der Waals surface area contributed by atoms with Crippen molar-refractivity contribution in [2.45, 2.75) is 38.9 Å². The summed E-state index contributed by atoms with van der Waals surface area (Å²) in [5.41, 5.74) is 7.54. The average molecular weight is 365 g/mol. The van der Waals surface area contributed by atoms with Crippen LogP contribution >= 0.6 is 0 Å². The van der Waals surface area contributed by atoms with E-state index in [9.17, 15) is 10.0 Å². The molecule has 2 heterocycles. The number of aromatic nitrogens is 2. The van der Waals surface area contributed by atoms with E-state index >= 15 is 0 Å². The number of fused-ring (bicyclic) bond motifs is 2. The molecule has 0 spiro atoms. The number of rotatable bonds is 2. The Balaban J connectivity index is 1.90. The SMILES string of the molecule is CC1=Cc2ncnc(C3(B(O)O)CNOc4ccccc4C3)c2CC1(C)C. The Labute approximate surface area is 159 Å². The highest BCUT2D eigenvalue weighted by Gasteiger charge is 2.49. The number of hydroxylamine groups is 1. The van der Waals surface area contributed by atoms with Gasteiger partial charge in [-0.05, 0) is 42.9 Å². The minimum Gasteiger partial charge on any atom is -0.426 e. The van der Waals surface area contributed by atoms with Gasteiger partial charge < -0.3 is 14.9 Å². The highest BCUT2D eigenvalue weighted by Crippen LogP contribution is 2.42. The second-order valence-corrected chi connectivity index (χ2v) is 8.21. The number of nitrogens with one attached hydrogen (secondary N) is 1. The molecule has 2 aliphatic rings. The molecule has 1 aliphatic heterocycles. The number of allylic oxidation sites excluding steroid dienone is 1. The summed E-state index contributed by atoms with van der Waals surface area (Å²) in [6.07, 6.45) is 4.74. The van der Waals surface area contributed by atoms with Crippen molar-refractivity contribution in [3.63, 3.8) is 0 Å². The summed E-state index contributed by atoms with van der Waals surface area (Å²) in [6, 6.07) is 7.63. The molecular weight excluding hydrogens is 341 g/mol. The van der Waals surface area contributed by atoms with E-state index in [1.165, 1.54) is 11.9 Å². The van der Waals surface area contributed by atoms with Gasteiger partial charge in [-0.3, -0.25) is 0 Å². The van der Waals surface area contributed by atoms with Gasteiger partial charge in [0, 0.05) is 12.1 Å². The van der Waals surface area contributed by atoms with Gasteiger partial charge in [0.2, 0.25) is 0 Å². The van der Waals surface area contributed by atoms with Gasteiger partial charge in [-0.15, -0.1) is 0 Å². The minimum atomic E-state index is -1.60.